The van der Waals surface area contributed by atoms with E-state index in [0.29, 0.717) is 13.0 Å². The molecule has 1 aromatic heterocycles. The van der Waals surface area contributed by atoms with E-state index in [9.17, 15) is 4.79 Å². The fraction of sp³-hybridized carbons (Fsp3) is 0.706. The van der Waals surface area contributed by atoms with Gasteiger partial charge in [0.05, 0.1) is 0 Å². The molecule has 0 N–H and O–H groups in total. The van der Waals surface area contributed by atoms with Gasteiger partial charge in [-0.3, -0.25) is 4.79 Å². The fourth-order valence-electron chi connectivity index (χ4n) is 3.55. The van der Waals surface area contributed by atoms with Gasteiger partial charge in [0.15, 0.2) is 5.82 Å². The Kier molecular flexibility index (Phi) is 5.10. The van der Waals surface area contributed by atoms with Gasteiger partial charge in [-0.05, 0) is 32.6 Å². The Labute approximate surface area is 137 Å². The standard InChI is InChI=1S/C17H26N4O2/c1-13-10-15-18-19-16(12-23-2)21(15)9-8-20(13)17(22)11-14-6-4-3-5-7-14/h6,13H,3-5,7-12H2,1-2H3/t13-/m0/s1. The predicted octanol–water partition coefficient (Wildman–Crippen LogP) is 2.09. The Bertz CT molecular complexity index is 593. The molecule has 3 rings (SSSR count). The number of rotatable bonds is 4. The predicted molar refractivity (Wildman–Crippen MR) is 86.8 cm³/mol. The van der Waals surface area contributed by atoms with Crippen molar-refractivity contribution in [2.45, 2.75) is 64.6 Å². The average Bonchev–Trinajstić information content (AvgIpc) is 2.82. The number of allylic oxidation sites excluding steroid dienone is 1. The van der Waals surface area contributed by atoms with Crippen LogP contribution in [0.15, 0.2) is 11.6 Å². The van der Waals surface area contributed by atoms with E-state index < -0.39 is 0 Å². The first-order valence-corrected chi connectivity index (χ1v) is 8.56. The second kappa shape index (κ2) is 7.25. The van der Waals surface area contributed by atoms with Crippen LogP contribution in [0.5, 0.6) is 0 Å². The van der Waals surface area contributed by atoms with Gasteiger partial charge in [0.2, 0.25) is 5.91 Å². The molecule has 1 atom stereocenters. The minimum Gasteiger partial charge on any atom is -0.377 e. The number of nitrogens with zero attached hydrogens (tertiary/aromatic N) is 4. The zero-order chi connectivity index (χ0) is 16.2. The van der Waals surface area contributed by atoms with Gasteiger partial charge in [0, 0.05) is 39.1 Å². The number of amides is 1. The number of fused-ring (bicyclic) bond motifs is 1. The van der Waals surface area contributed by atoms with Crippen LogP contribution in [0.2, 0.25) is 0 Å². The van der Waals surface area contributed by atoms with E-state index in [2.05, 4.69) is 27.8 Å². The Morgan fingerprint density at radius 3 is 2.96 bits per heavy atom. The van der Waals surface area contributed by atoms with Crippen LogP contribution in [0.3, 0.4) is 0 Å². The summed E-state index contributed by atoms with van der Waals surface area (Å²) in [6, 6.07) is 0.160. The molecule has 1 aliphatic heterocycles. The third kappa shape index (κ3) is 3.63. The number of carbonyl (C=O) groups is 1. The Hall–Kier alpha value is -1.69. The maximum Gasteiger partial charge on any atom is 0.226 e. The van der Waals surface area contributed by atoms with Crippen molar-refractivity contribution in [2.24, 2.45) is 0 Å². The topological polar surface area (TPSA) is 60.3 Å². The molecule has 0 saturated heterocycles. The van der Waals surface area contributed by atoms with Crippen LogP contribution in [0.4, 0.5) is 0 Å². The van der Waals surface area contributed by atoms with Crippen LogP contribution in [0.1, 0.15) is 50.7 Å². The van der Waals surface area contributed by atoms with Crippen molar-refractivity contribution >= 4 is 5.91 Å². The molecule has 0 saturated carbocycles. The van der Waals surface area contributed by atoms with Crippen molar-refractivity contribution in [3.8, 4) is 0 Å². The molecule has 0 fully saturated rings. The highest BCUT2D eigenvalue weighted by atomic mass is 16.5. The summed E-state index contributed by atoms with van der Waals surface area (Å²) in [5.74, 6) is 2.05. The summed E-state index contributed by atoms with van der Waals surface area (Å²) in [6.07, 6.45) is 8.27. The molecular weight excluding hydrogens is 292 g/mol. The van der Waals surface area contributed by atoms with Crippen LogP contribution < -0.4 is 0 Å². The molecule has 2 heterocycles. The molecule has 0 bridgehead atoms. The summed E-state index contributed by atoms with van der Waals surface area (Å²) < 4.78 is 7.29. The SMILES string of the molecule is COCc1nnc2n1CCN(C(=O)CC1=CCCCC1)[C@@H](C)C2. The van der Waals surface area contributed by atoms with Crippen LogP contribution in [0.25, 0.3) is 0 Å². The van der Waals surface area contributed by atoms with Crippen molar-refractivity contribution in [1.82, 2.24) is 19.7 Å². The second-order valence-electron chi connectivity index (χ2n) is 6.54. The molecule has 6 heteroatoms. The summed E-state index contributed by atoms with van der Waals surface area (Å²) >= 11 is 0. The first kappa shape index (κ1) is 16.2. The summed E-state index contributed by atoms with van der Waals surface area (Å²) in [7, 11) is 1.66. The molecule has 1 amide bonds. The maximum absolute atomic E-state index is 12.7. The molecule has 6 nitrogen and oxygen atoms in total. The van der Waals surface area contributed by atoms with E-state index in [-0.39, 0.29) is 11.9 Å². The van der Waals surface area contributed by atoms with Gasteiger partial charge in [0.1, 0.15) is 12.4 Å². The van der Waals surface area contributed by atoms with E-state index >= 15 is 0 Å². The highest BCUT2D eigenvalue weighted by Crippen LogP contribution is 2.23. The molecule has 0 unspecified atom stereocenters. The van der Waals surface area contributed by atoms with E-state index in [1.54, 1.807) is 7.11 Å². The Balaban J connectivity index is 1.68. The van der Waals surface area contributed by atoms with Gasteiger partial charge in [-0.2, -0.15) is 0 Å². The van der Waals surface area contributed by atoms with Crippen molar-refractivity contribution in [3.05, 3.63) is 23.3 Å². The van der Waals surface area contributed by atoms with Crippen molar-refractivity contribution < 1.29 is 9.53 Å². The molecule has 1 aliphatic carbocycles. The molecule has 1 aromatic rings. The van der Waals surface area contributed by atoms with Gasteiger partial charge in [0.25, 0.3) is 0 Å². The summed E-state index contributed by atoms with van der Waals surface area (Å²) in [5, 5.41) is 8.48. The molecule has 23 heavy (non-hydrogen) atoms. The lowest BCUT2D eigenvalue weighted by Crippen LogP contribution is -2.40. The molecule has 2 aliphatic rings. The minimum absolute atomic E-state index is 0.160. The number of ether oxygens (including phenoxy) is 1. The number of hydrogen-bond donors (Lipinski definition) is 0. The van der Waals surface area contributed by atoms with Crippen LogP contribution in [0, 0.1) is 0 Å². The van der Waals surface area contributed by atoms with E-state index in [1.165, 1.54) is 18.4 Å². The molecule has 0 aromatic carbocycles. The van der Waals surface area contributed by atoms with E-state index in [4.69, 9.17) is 4.74 Å². The van der Waals surface area contributed by atoms with Crippen LogP contribution in [-0.2, 0) is 29.1 Å². The summed E-state index contributed by atoms with van der Waals surface area (Å²) in [5.41, 5.74) is 1.32. The second-order valence-corrected chi connectivity index (χ2v) is 6.54. The number of carbonyl (C=O) groups excluding carboxylic acids is 1. The number of hydrogen-bond acceptors (Lipinski definition) is 4. The summed E-state index contributed by atoms with van der Waals surface area (Å²) in [4.78, 5) is 14.7. The van der Waals surface area contributed by atoms with Crippen molar-refractivity contribution in [1.29, 1.82) is 0 Å². The average molecular weight is 318 g/mol. The third-order valence-electron chi connectivity index (χ3n) is 4.84. The highest BCUT2D eigenvalue weighted by molar-refractivity contribution is 5.79. The Morgan fingerprint density at radius 1 is 1.35 bits per heavy atom. The smallest absolute Gasteiger partial charge is 0.226 e. The normalized spacial score (nSPS) is 21.6. The first-order valence-electron chi connectivity index (χ1n) is 8.56. The van der Waals surface area contributed by atoms with Crippen molar-refractivity contribution in [3.63, 3.8) is 0 Å². The fourth-order valence-corrected chi connectivity index (χ4v) is 3.55. The maximum atomic E-state index is 12.7. The lowest BCUT2D eigenvalue weighted by atomic mass is 9.96. The lowest BCUT2D eigenvalue weighted by Gasteiger charge is -2.27. The van der Waals surface area contributed by atoms with Gasteiger partial charge in [-0.25, -0.2) is 0 Å². The number of methoxy groups -OCH3 is 1. The van der Waals surface area contributed by atoms with E-state index in [1.807, 2.05) is 4.90 Å². The van der Waals surface area contributed by atoms with Crippen molar-refractivity contribution in [2.75, 3.05) is 13.7 Å². The van der Waals surface area contributed by atoms with E-state index in [0.717, 1.165) is 44.0 Å². The largest absolute Gasteiger partial charge is 0.377 e. The molecule has 0 radical (unpaired) electrons. The van der Waals surface area contributed by atoms with Crippen LogP contribution in [-0.4, -0.2) is 45.3 Å². The number of aromatic nitrogens is 3. The highest BCUT2D eigenvalue weighted by Gasteiger charge is 2.27. The zero-order valence-corrected chi connectivity index (χ0v) is 14.1. The molecular formula is C17H26N4O2. The van der Waals surface area contributed by atoms with Gasteiger partial charge in [-0.15, -0.1) is 10.2 Å². The zero-order valence-electron chi connectivity index (χ0n) is 14.1. The third-order valence-corrected chi connectivity index (χ3v) is 4.84. The lowest BCUT2D eigenvalue weighted by molar-refractivity contribution is -0.132. The van der Waals surface area contributed by atoms with Gasteiger partial charge < -0.3 is 14.2 Å². The van der Waals surface area contributed by atoms with Crippen LogP contribution >= 0.6 is 0 Å². The quantitative estimate of drug-likeness (QED) is 0.798. The Morgan fingerprint density at radius 2 is 2.22 bits per heavy atom. The molecule has 0 spiro atoms. The summed E-state index contributed by atoms with van der Waals surface area (Å²) in [6.45, 7) is 4.03. The molecule has 126 valence electrons. The minimum atomic E-state index is 0.160. The van der Waals surface area contributed by atoms with Gasteiger partial charge in [-0.1, -0.05) is 11.6 Å². The van der Waals surface area contributed by atoms with Gasteiger partial charge >= 0.3 is 0 Å². The monoisotopic (exact) mass is 318 g/mol. The first-order chi connectivity index (χ1) is 11.2.